The summed E-state index contributed by atoms with van der Waals surface area (Å²) in [5.41, 5.74) is 0.404. The second-order valence-corrected chi connectivity index (χ2v) is 6.91. The van der Waals surface area contributed by atoms with Crippen LogP contribution in [0.4, 0.5) is 0 Å². The van der Waals surface area contributed by atoms with Crippen molar-refractivity contribution in [3.63, 3.8) is 0 Å². The standard InChI is InChI=1S/C16H33N/c1-5-17-15(16(2,3)4)13-12-14-10-8-6-7-9-11-14/h14-15,17H,5-13H2,1-4H3. The molecule has 1 fully saturated rings. The average molecular weight is 239 g/mol. The molecule has 0 radical (unpaired) electrons. The minimum absolute atomic E-state index is 0.404. The zero-order valence-corrected chi connectivity index (χ0v) is 12.5. The lowest BCUT2D eigenvalue weighted by molar-refractivity contribution is 0.238. The van der Waals surface area contributed by atoms with Crippen LogP contribution in [0.15, 0.2) is 0 Å². The number of nitrogens with one attached hydrogen (secondary N) is 1. The van der Waals surface area contributed by atoms with E-state index in [1.807, 2.05) is 0 Å². The van der Waals surface area contributed by atoms with E-state index < -0.39 is 0 Å². The maximum absolute atomic E-state index is 3.68. The zero-order chi connectivity index (χ0) is 12.7. The van der Waals surface area contributed by atoms with Crippen molar-refractivity contribution in [2.24, 2.45) is 11.3 Å². The van der Waals surface area contributed by atoms with Gasteiger partial charge in [-0.3, -0.25) is 0 Å². The van der Waals surface area contributed by atoms with Crippen molar-refractivity contribution in [3.8, 4) is 0 Å². The van der Waals surface area contributed by atoms with Crippen LogP contribution in [-0.4, -0.2) is 12.6 Å². The molecule has 0 bridgehead atoms. The van der Waals surface area contributed by atoms with Crippen molar-refractivity contribution in [2.75, 3.05) is 6.54 Å². The van der Waals surface area contributed by atoms with Crippen LogP contribution in [0.2, 0.25) is 0 Å². The van der Waals surface area contributed by atoms with Crippen LogP contribution in [0.3, 0.4) is 0 Å². The van der Waals surface area contributed by atoms with Crippen molar-refractivity contribution in [3.05, 3.63) is 0 Å². The highest BCUT2D eigenvalue weighted by molar-refractivity contribution is 4.81. The average Bonchev–Trinajstić information content (AvgIpc) is 2.51. The summed E-state index contributed by atoms with van der Waals surface area (Å²) in [6.45, 7) is 10.4. The first-order chi connectivity index (χ1) is 8.04. The minimum Gasteiger partial charge on any atom is -0.314 e. The lowest BCUT2D eigenvalue weighted by Gasteiger charge is -2.32. The summed E-state index contributed by atoms with van der Waals surface area (Å²) in [6.07, 6.45) is 11.7. The molecule has 0 saturated heterocycles. The van der Waals surface area contributed by atoms with E-state index in [0.717, 1.165) is 12.5 Å². The summed E-state index contributed by atoms with van der Waals surface area (Å²) in [6, 6.07) is 0.691. The van der Waals surface area contributed by atoms with Gasteiger partial charge in [-0.2, -0.15) is 0 Å². The van der Waals surface area contributed by atoms with Crippen molar-refractivity contribution in [1.29, 1.82) is 0 Å². The number of hydrogen-bond donors (Lipinski definition) is 1. The van der Waals surface area contributed by atoms with Gasteiger partial charge in [-0.05, 0) is 30.7 Å². The van der Waals surface area contributed by atoms with Crippen molar-refractivity contribution >= 4 is 0 Å². The molecule has 1 saturated carbocycles. The molecule has 0 aromatic rings. The predicted octanol–water partition coefficient (Wildman–Crippen LogP) is 4.76. The van der Waals surface area contributed by atoms with Gasteiger partial charge in [0.1, 0.15) is 0 Å². The molecular formula is C16H33N. The molecular weight excluding hydrogens is 206 g/mol. The molecule has 0 amide bonds. The topological polar surface area (TPSA) is 12.0 Å². The highest BCUT2D eigenvalue weighted by Crippen LogP contribution is 2.30. The predicted molar refractivity (Wildman–Crippen MR) is 77.3 cm³/mol. The van der Waals surface area contributed by atoms with Gasteiger partial charge in [0.05, 0.1) is 0 Å². The van der Waals surface area contributed by atoms with E-state index in [1.54, 1.807) is 0 Å². The van der Waals surface area contributed by atoms with Crippen LogP contribution in [0.25, 0.3) is 0 Å². The highest BCUT2D eigenvalue weighted by Gasteiger charge is 2.24. The second-order valence-electron chi connectivity index (χ2n) is 6.91. The Morgan fingerprint density at radius 1 is 1.06 bits per heavy atom. The third-order valence-electron chi connectivity index (χ3n) is 4.33. The number of hydrogen-bond acceptors (Lipinski definition) is 1. The Morgan fingerprint density at radius 2 is 1.65 bits per heavy atom. The molecule has 0 aromatic heterocycles. The molecule has 0 spiro atoms. The third-order valence-corrected chi connectivity index (χ3v) is 4.33. The van der Waals surface area contributed by atoms with Gasteiger partial charge in [0.25, 0.3) is 0 Å². The molecule has 1 N–H and O–H groups in total. The first kappa shape index (κ1) is 15.0. The molecule has 1 heteroatoms. The third kappa shape index (κ3) is 5.90. The first-order valence-corrected chi connectivity index (χ1v) is 7.77. The molecule has 1 aliphatic rings. The van der Waals surface area contributed by atoms with Crippen molar-refractivity contribution in [2.45, 2.75) is 85.1 Å². The van der Waals surface area contributed by atoms with Gasteiger partial charge in [-0.1, -0.05) is 66.2 Å². The SMILES string of the molecule is CCNC(CCC1CCCCCC1)C(C)(C)C. The van der Waals surface area contributed by atoms with Gasteiger partial charge >= 0.3 is 0 Å². The van der Waals surface area contributed by atoms with Crippen LogP contribution in [0.5, 0.6) is 0 Å². The van der Waals surface area contributed by atoms with Gasteiger partial charge in [0, 0.05) is 6.04 Å². The largest absolute Gasteiger partial charge is 0.314 e. The monoisotopic (exact) mass is 239 g/mol. The van der Waals surface area contributed by atoms with Gasteiger partial charge in [0.15, 0.2) is 0 Å². The molecule has 0 heterocycles. The maximum atomic E-state index is 3.68. The van der Waals surface area contributed by atoms with Crippen LogP contribution in [0.1, 0.15) is 79.1 Å². The van der Waals surface area contributed by atoms with E-state index in [4.69, 9.17) is 0 Å². The smallest absolute Gasteiger partial charge is 0.0116 e. The molecule has 1 unspecified atom stereocenters. The van der Waals surface area contributed by atoms with E-state index in [2.05, 4.69) is 33.0 Å². The molecule has 1 atom stereocenters. The highest BCUT2D eigenvalue weighted by atomic mass is 14.9. The quantitative estimate of drug-likeness (QED) is 0.682. The fourth-order valence-electron chi connectivity index (χ4n) is 3.14. The van der Waals surface area contributed by atoms with E-state index in [9.17, 15) is 0 Å². The summed E-state index contributed by atoms with van der Waals surface area (Å²) in [5, 5.41) is 3.68. The molecule has 102 valence electrons. The van der Waals surface area contributed by atoms with Gasteiger partial charge in [-0.25, -0.2) is 0 Å². The Labute approximate surface area is 109 Å². The first-order valence-electron chi connectivity index (χ1n) is 7.77. The van der Waals surface area contributed by atoms with Crippen LogP contribution < -0.4 is 5.32 Å². The lowest BCUT2D eigenvalue weighted by Crippen LogP contribution is -2.40. The number of rotatable bonds is 5. The fourth-order valence-corrected chi connectivity index (χ4v) is 3.14. The normalized spacial score (nSPS) is 21.2. The van der Waals surface area contributed by atoms with E-state index in [0.29, 0.717) is 11.5 Å². The molecule has 1 nitrogen and oxygen atoms in total. The molecule has 17 heavy (non-hydrogen) atoms. The summed E-state index contributed by atoms with van der Waals surface area (Å²) in [4.78, 5) is 0. The molecule has 1 aliphatic carbocycles. The molecule has 0 aliphatic heterocycles. The van der Waals surface area contributed by atoms with Crippen LogP contribution in [0, 0.1) is 11.3 Å². The maximum Gasteiger partial charge on any atom is 0.0116 e. The fraction of sp³-hybridized carbons (Fsp3) is 1.00. The van der Waals surface area contributed by atoms with Crippen LogP contribution >= 0.6 is 0 Å². The lowest BCUT2D eigenvalue weighted by atomic mass is 9.81. The van der Waals surface area contributed by atoms with Crippen molar-refractivity contribution in [1.82, 2.24) is 5.32 Å². The Bertz CT molecular complexity index is 184. The van der Waals surface area contributed by atoms with E-state index in [-0.39, 0.29) is 0 Å². The van der Waals surface area contributed by atoms with Gasteiger partial charge in [-0.15, -0.1) is 0 Å². The zero-order valence-electron chi connectivity index (χ0n) is 12.5. The Morgan fingerprint density at radius 3 is 2.12 bits per heavy atom. The minimum atomic E-state index is 0.404. The Balaban J connectivity index is 2.34. The van der Waals surface area contributed by atoms with Gasteiger partial charge < -0.3 is 5.32 Å². The Kier molecular flexibility index (Phi) is 6.54. The van der Waals surface area contributed by atoms with E-state index in [1.165, 1.54) is 51.4 Å². The van der Waals surface area contributed by atoms with Crippen molar-refractivity contribution < 1.29 is 0 Å². The van der Waals surface area contributed by atoms with E-state index >= 15 is 0 Å². The summed E-state index contributed by atoms with van der Waals surface area (Å²) in [5.74, 6) is 1.01. The molecule has 1 rings (SSSR count). The summed E-state index contributed by atoms with van der Waals surface area (Å²) < 4.78 is 0. The van der Waals surface area contributed by atoms with Crippen LogP contribution in [-0.2, 0) is 0 Å². The molecule has 0 aromatic carbocycles. The second kappa shape index (κ2) is 7.41. The van der Waals surface area contributed by atoms with Gasteiger partial charge in [0.2, 0.25) is 0 Å². The Hall–Kier alpha value is -0.0400. The summed E-state index contributed by atoms with van der Waals surface area (Å²) in [7, 11) is 0. The summed E-state index contributed by atoms with van der Waals surface area (Å²) >= 11 is 0.